The fourth-order valence-electron chi connectivity index (χ4n) is 4.43. The summed E-state index contributed by atoms with van der Waals surface area (Å²) in [6, 6.07) is 7.33. The summed E-state index contributed by atoms with van der Waals surface area (Å²) in [7, 11) is -0.612. The Bertz CT molecular complexity index is 1120. The van der Waals surface area contributed by atoms with Crippen LogP contribution in [0, 0.1) is 13.8 Å². The topological polar surface area (TPSA) is 81.1 Å². The largest absolute Gasteiger partial charge is 0.486 e. The number of carbonyl (C=O) groups excluding carboxylic acids is 1. The smallest absolute Gasteiger partial charge is 0.257 e. The number of hydrogen-bond donors (Lipinski definition) is 0. The van der Waals surface area contributed by atoms with Gasteiger partial charge in [-0.05, 0) is 45.2 Å². The van der Waals surface area contributed by atoms with Crippen LogP contribution in [0.4, 0.5) is 0 Å². The van der Waals surface area contributed by atoms with Crippen molar-refractivity contribution in [3.63, 3.8) is 0 Å². The van der Waals surface area contributed by atoms with Crippen molar-refractivity contribution in [2.75, 3.05) is 33.3 Å². The number of nitrogens with zero attached hydrogens (tertiary/aromatic N) is 3. The van der Waals surface area contributed by atoms with Gasteiger partial charge in [-0.15, -0.1) is 0 Å². The van der Waals surface area contributed by atoms with Crippen molar-refractivity contribution in [1.29, 1.82) is 0 Å². The molecule has 32 heavy (non-hydrogen) atoms. The van der Waals surface area contributed by atoms with Crippen LogP contribution in [0.1, 0.15) is 41.0 Å². The fraction of sp³-hybridized carbons (Fsp3) is 0.522. The van der Waals surface area contributed by atoms with E-state index in [4.69, 9.17) is 9.47 Å². The van der Waals surface area contributed by atoms with E-state index in [1.54, 1.807) is 36.4 Å². The van der Waals surface area contributed by atoms with Crippen LogP contribution in [-0.4, -0.2) is 67.5 Å². The molecule has 2 aliphatic rings. The minimum Gasteiger partial charge on any atom is -0.486 e. The number of carbonyl (C=O) groups is 1. The zero-order valence-corrected chi connectivity index (χ0v) is 19.9. The van der Waals surface area contributed by atoms with Crippen LogP contribution in [0.3, 0.4) is 0 Å². The molecule has 0 saturated carbocycles. The lowest BCUT2D eigenvalue weighted by molar-refractivity contribution is 0.0719. The molecule has 1 unspecified atom stereocenters. The van der Waals surface area contributed by atoms with Gasteiger partial charge in [0.2, 0.25) is 10.0 Å². The maximum atomic E-state index is 13.7. The number of likely N-dealkylation sites (N-methyl/N-ethyl adjacent to an activating group) is 1. The SMILES string of the molecule is Cc1c(C(=O)N2CCCCC2)c(S(=O)(=O)N(C)CC2COc3ccccc3O2)c(C)n1C. The number of sulfonamides is 1. The van der Waals surface area contributed by atoms with Crippen LogP contribution in [-0.2, 0) is 17.1 Å². The third kappa shape index (κ3) is 3.99. The Morgan fingerprint density at radius 2 is 1.75 bits per heavy atom. The van der Waals surface area contributed by atoms with Gasteiger partial charge in [-0.2, -0.15) is 4.31 Å². The zero-order chi connectivity index (χ0) is 23.0. The first-order valence-electron chi connectivity index (χ1n) is 11.0. The Kier molecular flexibility index (Phi) is 6.22. The highest BCUT2D eigenvalue weighted by Gasteiger charge is 2.36. The maximum absolute atomic E-state index is 13.7. The molecule has 1 aromatic heterocycles. The minimum absolute atomic E-state index is 0.0905. The summed E-state index contributed by atoms with van der Waals surface area (Å²) in [6.07, 6.45) is 2.53. The fourth-order valence-corrected chi connectivity index (χ4v) is 6.11. The van der Waals surface area contributed by atoms with E-state index in [0.29, 0.717) is 36.0 Å². The van der Waals surface area contributed by atoms with Gasteiger partial charge in [0.15, 0.2) is 11.5 Å². The molecule has 8 nitrogen and oxygen atoms in total. The first kappa shape index (κ1) is 22.7. The summed E-state index contributed by atoms with van der Waals surface area (Å²) in [4.78, 5) is 15.3. The van der Waals surface area contributed by atoms with Gasteiger partial charge in [-0.3, -0.25) is 4.79 Å². The number of rotatable bonds is 5. The van der Waals surface area contributed by atoms with Crippen molar-refractivity contribution in [1.82, 2.24) is 13.8 Å². The zero-order valence-electron chi connectivity index (χ0n) is 19.1. The molecule has 1 saturated heterocycles. The molecule has 1 amide bonds. The van der Waals surface area contributed by atoms with Crippen molar-refractivity contribution in [3.05, 3.63) is 41.2 Å². The van der Waals surface area contributed by atoms with E-state index in [1.165, 1.54) is 11.4 Å². The summed E-state index contributed by atoms with van der Waals surface area (Å²) in [5, 5.41) is 0. The number of aromatic nitrogens is 1. The molecule has 2 aromatic rings. The molecule has 0 radical (unpaired) electrons. The number of fused-ring (bicyclic) bond motifs is 1. The quantitative estimate of drug-likeness (QED) is 0.684. The average Bonchev–Trinajstić information content (AvgIpc) is 3.03. The average molecular weight is 462 g/mol. The molecule has 9 heteroatoms. The van der Waals surface area contributed by atoms with Gasteiger partial charge in [0.1, 0.15) is 17.6 Å². The van der Waals surface area contributed by atoms with E-state index in [2.05, 4.69) is 0 Å². The predicted molar refractivity (Wildman–Crippen MR) is 121 cm³/mol. The summed E-state index contributed by atoms with van der Waals surface area (Å²) in [5.41, 5.74) is 1.50. The molecule has 4 rings (SSSR count). The maximum Gasteiger partial charge on any atom is 0.257 e. The van der Waals surface area contributed by atoms with Crippen molar-refractivity contribution < 1.29 is 22.7 Å². The van der Waals surface area contributed by atoms with Crippen molar-refractivity contribution in [3.8, 4) is 11.5 Å². The lowest BCUT2D eigenvalue weighted by Crippen LogP contribution is -2.42. The number of para-hydroxylation sites is 2. The van der Waals surface area contributed by atoms with Gasteiger partial charge in [0.25, 0.3) is 5.91 Å². The summed E-state index contributed by atoms with van der Waals surface area (Å²) in [5.74, 6) is 1.05. The van der Waals surface area contributed by atoms with Crippen LogP contribution in [0.15, 0.2) is 29.2 Å². The number of benzene rings is 1. The third-order valence-electron chi connectivity index (χ3n) is 6.48. The number of likely N-dealkylation sites (tertiary alicyclic amines) is 1. The second kappa shape index (κ2) is 8.78. The third-order valence-corrected chi connectivity index (χ3v) is 8.46. The highest BCUT2D eigenvalue weighted by atomic mass is 32.2. The normalized spacial score (nSPS) is 18.8. The lowest BCUT2D eigenvalue weighted by atomic mass is 10.1. The summed E-state index contributed by atoms with van der Waals surface area (Å²) >= 11 is 0. The minimum atomic E-state index is -3.93. The first-order valence-corrected chi connectivity index (χ1v) is 12.5. The number of hydrogen-bond acceptors (Lipinski definition) is 5. The Hall–Kier alpha value is -2.52. The highest BCUT2D eigenvalue weighted by molar-refractivity contribution is 7.89. The van der Waals surface area contributed by atoms with E-state index in [1.807, 2.05) is 18.2 Å². The van der Waals surface area contributed by atoms with Gasteiger partial charge < -0.3 is 18.9 Å². The summed E-state index contributed by atoms with van der Waals surface area (Å²) in [6.45, 7) is 5.24. The lowest BCUT2D eigenvalue weighted by Gasteiger charge is -2.30. The van der Waals surface area contributed by atoms with Crippen molar-refractivity contribution in [2.45, 2.75) is 44.1 Å². The molecule has 1 atom stereocenters. The molecule has 0 bridgehead atoms. The molecule has 1 aromatic carbocycles. The van der Waals surface area contributed by atoms with Crippen LogP contribution in [0.5, 0.6) is 11.5 Å². The van der Waals surface area contributed by atoms with Crippen LogP contribution < -0.4 is 9.47 Å². The molecule has 0 aliphatic carbocycles. The molecule has 0 spiro atoms. The van der Waals surface area contributed by atoms with E-state index in [0.717, 1.165) is 19.3 Å². The monoisotopic (exact) mass is 461 g/mol. The standard InChI is InChI=1S/C23H31N3O5S/c1-16-21(23(27)26-12-8-5-9-13-26)22(17(2)25(16)4)32(28,29)24(3)14-18-15-30-19-10-6-7-11-20(19)31-18/h6-7,10-11,18H,5,8-9,12-15H2,1-4H3. The van der Waals surface area contributed by atoms with Crippen LogP contribution >= 0.6 is 0 Å². The second-order valence-electron chi connectivity index (χ2n) is 8.57. The Morgan fingerprint density at radius 3 is 2.44 bits per heavy atom. The number of ether oxygens (including phenoxy) is 2. The van der Waals surface area contributed by atoms with Gasteiger partial charge in [-0.25, -0.2) is 8.42 Å². The molecular formula is C23H31N3O5S. The molecule has 1 fully saturated rings. The van der Waals surface area contributed by atoms with E-state index >= 15 is 0 Å². The van der Waals surface area contributed by atoms with E-state index in [-0.39, 0.29) is 29.5 Å². The number of amides is 1. The number of piperidine rings is 1. The van der Waals surface area contributed by atoms with Crippen LogP contribution in [0.2, 0.25) is 0 Å². The highest BCUT2D eigenvalue weighted by Crippen LogP contribution is 2.33. The molecule has 0 N–H and O–H groups in total. The summed E-state index contributed by atoms with van der Waals surface area (Å²) < 4.78 is 42.1. The second-order valence-corrected chi connectivity index (χ2v) is 10.6. The van der Waals surface area contributed by atoms with Crippen molar-refractivity contribution in [2.24, 2.45) is 7.05 Å². The van der Waals surface area contributed by atoms with E-state index in [9.17, 15) is 13.2 Å². The first-order chi connectivity index (χ1) is 15.2. The van der Waals surface area contributed by atoms with Gasteiger partial charge >= 0.3 is 0 Å². The Morgan fingerprint density at radius 1 is 1.09 bits per heavy atom. The van der Waals surface area contributed by atoms with Gasteiger partial charge in [-0.1, -0.05) is 12.1 Å². The van der Waals surface area contributed by atoms with Gasteiger partial charge in [0, 0.05) is 38.6 Å². The van der Waals surface area contributed by atoms with Crippen molar-refractivity contribution >= 4 is 15.9 Å². The van der Waals surface area contributed by atoms with E-state index < -0.39 is 16.1 Å². The molecule has 2 aliphatic heterocycles. The molecular weight excluding hydrogens is 430 g/mol. The Labute approximate surface area is 189 Å². The van der Waals surface area contributed by atoms with Crippen LogP contribution in [0.25, 0.3) is 0 Å². The predicted octanol–water partition coefficient (Wildman–Crippen LogP) is 2.73. The molecule has 3 heterocycles. The molecule has 174 valence electrons. The van der Waals surface area contributed by atoms with Gasteiger partial charge in [0.05, 0.1) is 12.1 Å². The Balaban J connectivity index is 1.62.